The predicted molar refractivity (Wildman–Crippen MR) is 87.1 cm³/mol. The van der Waals surface area contributed by atoms with Crippen molar-refractivity contribution in [2.75, 3.05) is 27.2 Å². The third-order valence-corrected chi connectivity index (χ3v) is 4.72. The molecule has 25 heavy (non-hydrogen) atoms. The van der Waals surface area contributed by atoms with Crippen molar-refractivity contribution in [1.82, 2.24) is 20.0 Å². The van der Waals surface area contributed by atoms with Gasteiger partial charge in [-0.3, -0.25) is 24.1 Å². The maximum absolute atomic E-state index is 12.5. The number of nitrogens with zero attached hydrogens (tertiary/aromatic N) is 3. The van der Waals surface area contributed by atoms with Crippen LogP contribution in [0.15, 0.2) is 0 Å². The van der Waals surface area contributed by atoms with Crippen LogP contribution in [0.25, 0.3) is 0 Å². The topological polar surface area (TPSA) is 107 Å². The number of carbonyl (C=O) groups is 5. The molecule has 2 atom stereocenters. The summed E-state index contributed by atoms with van der Waals surface area (Å²) in [6.07, 6.45) is 3.49. The first-order valence-corrected chi connectivity index (χ1v) is 8.40. The molecule has 9 heteroatoms. The van der Waals surface area contributed by atoms with Crippen LogP contribution in [0.4, 0.5) is 4.79 Å². The second kappa shape index (κ2) is 7.62. The van der Waals surface area contributed by atoms with Crippen molar-refractivity contribution in [3.8, 4) is 0 Å². The van der Waals surface area contributed by atoms with E-state index in [1.54, 1.807) is 14.1 Å². The lowest BCUT2D eigenvalue weighted by atomic mass is 9.85. The molecule has 9 nitrogen and oxygen atoms in total. The van der Waals surface area contributed by atoms with Gasteiger partial charge in [-0.25, -0.2) is 9.69 Å². The standard InChI is InChI=1S/C16H24N4O5/c1-10-6-4-5-7-11(10)20-15(24)14(23)19(16(20)25)9-12(21)17-8-13(22)18(2)3/h10-11H,4-9H2,1-3H3,(H,17,21)/t10-,11-/m1/s1. The summed E-state index contributed by atoms with van der Waals surface area (Å²) in [6, 6.07) is -1.05. The summed E-state index contributed by atoms with van der Waals surface area (Å²) < 4.78 is 0. The Labute approximate surface area is 146 Å². The SMILES string of the molecule is C[C@@H]1CCCC[C@H]1N1C(=O)C(=O)N(CC(=O)NCC(=O)N(C)C)C1=O. The van der Waals surface area contributed by atoms with Gasteiger partial charge >= 0.3 is 17.8 Å². The molecule has 138 valence electrons. The third-order valence-electron chi connectivity index (χ3n) is 4.72. The first-order valence-electron chi connectivity index (χ1n) is 8.40. The van der Waals surface area contributed by atoms with E-state index >= 15 is 0 Å². The number of carbonyl (C=O) groups excluding carboxylic acids is 5. The van der Waals surface area contributed by atoms with Gasteiger partial charge in [0.15, 0.2) is 0 Å². The Balaban J connectivity index is 2.01. The van der Waals surface area contributed by atoms with Crippen LogP contribution in [-0.4, -0.2) is 77.6 Å². The van der Waals surface area contributed by atoms with E-state index in [9.17, 15) is 24.0 Å². The Bertz CT molecular complexity index is 603. The fraction of sp³-hybridized carbons (Fsp3) is 0.688. The molecule has 0 unspecified atom stereocenters. The molecule has 2 aliphatic rings. The van der Waals surface area contributed by atoms with E-state index in [1.807, 2.05) is 6.92 Å². The molecule has 1 saturated heterocycles. The highest BCUT2D eigenvalue weighted by molar-refractivity contribution is 6.45. The van der Waals surface area contributed by atoms with Crippen molar-refractivity contribution in [2.45, 2.75) is 38.6 Å². The summed E-state index contributed by atoms with van der Waals surface area (Å²) in [5.74, 6) is -2.72. The van der Waals surface area contributed by atoms with Gasteiger partial charge in [-0.1, -0.05) is 19.8 Å². The quantitative estimate of drug-likeness (QED) is 0.533. The van der Waals surface area contributed by atoms with E-state index in [0.717, 1.165) is 24.2 Å². The van der Waals surface area contributed by atoms with Gasteiger partial charge in [0, 0.05) is 20.1 Å². The summed E-state index contributed by atoms with van der Waals surface area (Å²) in [7, 11) is 3.09. The number of hydrogen-bond donors (Lipinski definition) is 1. The second-order valence-electron chi connectivity index (χ2n) is 6.74. The minimum Gasteiger partial charge on any atom is -0.347 e. The number of likely N-dealkylation sites (N-methyl/N-ethyl adjacent to an activating group) is 1. The van der Waals surface area contributed by atoms with Gasteiger partial charge in [0.1, 0.15) is 6.54 Å². The predicted octanol–water partition coefficient (Wildman–Crippen LogP) is -0.440. The molecule has 0 bridgehead atoms. The summed E-state index contributed by atoms with van der Waals surface area (Å²) in [6.45, 7) is 1.15. The van der Waals surface area contributed by atoms with Crippen molar-refractivity contribution in [1.29, 1.82) is 0 Å². The molecule has 0 spiro atoms. The van der Waals surface area contributed by atoms with Gasteiger partial charge in [-0.2, -0.15) is 0 Å². The molecule has 2 fully saturated rings. The Morgan fingerprint density at radius 2 is 1.76 bits per heavy atom. The Kier molecular flexibility index (Phi) is 5.76. The van der Waals surface area contributed by atoms with Crippen LogP contribution < -0.4 is 5.32 Å². The molecule has 0 aromatic heterocycles. The fourth-order valence-electron chi connectivity index (χ4n) is 3.17. The van der Waals surface area contributed by atoms with Gasteiger partial charge in [0.25, 0.3) is 0 Å². The van der Waals surface area contributed by atoms with Crippen molar-refractivity contribution in [3.63, 3.8) is 0 Å². The van der Waals surface area contributed by atoms with Crippen LogP contribution in [0.1, 0.15) is 32.6 Å². The fourth-order valence-corrected chi connectivity index (χ4v) is 3.17. The third kappa shape index (κ3) is 3.97. The van der Waals surface area contributed by atoms with Crippen LogP contribution in [-0.2, 0) is 19.2 Å². The molecule has 2 rings (SSSR count). The van der Waals surface area contributed by atoms with E-state index in [2.05, 4.69) is 5.32 Å². The maximum Gasteiger partial charge on any atom is 0.334 e. The Morgan fingerprint density at radius 1 is 1.12 bits per heavy atom. The lowest BCUT2D eigenvalue weighted by Gasteiger charge is -2.34. The molecule has 6 amide bonds. The van der Waals surface area contributed by atoms with E-state index in [1.165, 1.54) is 4.90 Å². The van der Waals surface area contributed by atoms with Crippen LogP contribution >= 0.6 is 0 Å². The number of urea groups is 1. The molecule has 0 aromatic rings. The number of nitrogens with one attached hydrogen (secondary N) is 1. The number of imide groups is 2. The van der Waals surface area contributed by atoms with Crippen molar-refractivity contribution >= 4 is 29.7 Å². The first kappa shape index (κ1) is 18.9. The first-order chi connectivity index (χ1) is 11.7. The highest BCUT2D eigenvalue weighted by Crippen LogP contribution is 2.31. The van der Waals surface area contributed by atoms with Crippen molar-refractivity contribution in [2.24, 2.45) is 5.92 Å². The average Bonchev–Trinajstić information content (AvgIpc) is 2.77. The molecule has 1 aliphatic heterocycles. The molecule has 1 aliphatic carbocycles. The lowest BCUT2D eigenvalue weighted by molar-refractivity contribution is -0.145. The summed E-state index contributed by atoms with van der Waals surface area (Å²) >= 11 is 0. The zero-order valence-electron chi connectivity index (χ0n) is 14.8. The monoisotopic (exact) mass is 352 g/mol. The number of amides is 6. The largest absolute Gasteiger partial charge is 0.347 e. The molecule has 0 aromatic carbocycles. The van der Waals surface area contributed by atoms with Gasteiger partial charge < -0.3 is 10.2 Å². The van der Waals surface area contributed by atoms with Gasteiger partial charge in [0.2, 0.25) is 11.8 Å². The molecule has 1 saturated carbocycles. The van der Waals surface area contributed by atoms with E-state index < -0.39 is 30.3 Å². The number of rotatable bonds is 5. The highest BCUT2D eigenvalue weighted by Gasteiger charge is 2.49. The lowest BCUT2D eigenvalue weighted by Crippen LogP contribution is -2.47. The molecule has 0 radical (unpaired) electrons. The van der Waals surface area contributed by atoms with Crippen molar-refractivity contribution < 1.29 is 24.0 Å². The van der Waals surface area contributed by atoms with Crippen LogP contribution in [0.5, 0.6) is 0 Å². The van der Waals surface area contributed by atoms with Gasteiger partial charge in [0.05, 0.1) is 6.54 Å². The van der Waals surface area contributed by atoms with Crippen molar-refractivity contribution in [3.05, 3.63) is 0 Å². The molecular formula is C16H24N4O5. The van der Waals surface area contributed by atoms with E-state index in [-0.39, 0.29) is 24.4 Å². The van der Waals surface area contributed by atoms with E-state index in [4.69, 9.17) is 0 Å². The van der Waals surface area contributed by atoms with Crippen LogP contribution in [0.2, 0.25) is 0 Å². The normalized spacial score (nSPS) is 23.9. The molecule has 1 N–H and O–H groups in total. The van der Waals surface area contributed by atoms with E-state index in [0.29, 0.717) is 11.3 Å². The maximum atomic E-state index is 12.5. The average molecular weight is 352 g/mol. The minimum atomic E-state index is -0.989. The van der Waals surface area contributed by atoms with Crippen LogP contribution in [0.3, 0.4) is 0 Å². The van der Waals surface area contributed by atoms with Crippen LogP contribution in [0, 0.1) is 5.92 Å². The smallest absolute Gasteiger partial charge is 0.334 e. The summed E-state index contributed by atoms with van der Waals surface area (Å²) in [5.41, 5.74) is 0. The van der Waals surface area contributed by atoms with Gasteiger partial charge in [-0.05, 0) is 18.8 Å². The highest BCUT2D eigenvalue weighted by atomic mass is 16.2. The zero-order valence-corrected chi connectivity index (χ0v) is 14.8. The van der Waals surface area contributed by atoms with Gasteiger partial charge in [-0.15, -0.1) is 0 Å². The Hall–Kier alpha value is -2.45. The minimum absolute atomic E-state index is 0.126. The molecular weight excluding hydrogens is 328 g/mol. The number of hydrogen-bond acceptors (Lipinski definition) is 5. The Morgan fingerprint density at radius 3 is 2.36 bits per heavy atom. The summed E-state index contributed by atoms with van der Waals surface area (Å²) in [4.78, 5) is 63.2. The second-order valence-corrected chi connectivity index (χ2v) is 6.74. The summed E-state index contributed by atoms with van der Waals surface area (Å²) in [5, 5.41) is 2.34. The molecule has 1 heterocycles. The zero-order chi connectivity index (χ0) is 18.7.